The first-order valence-electron chi connectivity index (χ1n) is 9.04. The molecular formula is C21H21FN2O3. The third-order valence-corrected chi connectivity index (χ3v) is 5.29. The van der Waals surface area contributed by atoms with Crippen molar-refractivity contribution >= 4 is 17.5 Å². The number of halogens is 1. The van der Waals surface area contributed by atoms with Gasteiger partial charge in [0.2, 0.25) is 0 Å². The standard InChI is InChI=1S/C21H21FN2O3/c22-17-6-4-5-16(11-17)20(26)23-10-9-21(13-23)14-24(19(25)12-27-15-21)18-7-2-1-3-8-18/h1-8,11H,9-10,12-15H2. The van der Waals surface area contributed by atoms with Crippen LogP contribution in [0, 0.1) is 11.2 Å². The molecule has 0 radical (unpaired) electrons. The van der Waals surface area contributed by atoms with Gasteiger partial charge in [-0.15, -0.1) is 0 Å². The summed E-state index contributed by atoms with van der Waals surface area (Å²) in [6.45, 7) is 2.01. The number of likely N-dealkylation sites (tertiary alicyclic amines) is 1. The van der Waals surface area contributed by atoms with Gasteiger partial charge in [-0.3, -0.25) is 9.59 Å². The fourth-order valence-corrected chi connectivity index (χ4v) is 3.90. The molecule has 2 aliphatic heterocycles. The number of ether oxygens (including phenoxy) is 1. The summed E-state index contributed by atoms with van der Waals surface area (Å²) in [7, 11) is 0. The zero-order valence-corrected chi connectivity index (χ0v) is 14.9. The Bertz CT molecular complexity index is 858. The Balaban J connectivity index is 1.55. The molecule has 0 saturated carbocycles. The molecule has 4 rings (SSSR count). The minimum Gasteiger partial charge on any atom is -0.371 e. The second-order valence-electron chi connectivity index (χ2n) is 7.30. The highest BCUT2D eigenvalue weighted by Crippen LogP contribution is 2.35. The van der Waals surface area contributed by atoms with Crippen LogP contribution < -0.4 is 4.90 Å². The molecule has 2 aromatic carbocycles. The molecule has 1 atom stereocenters. The normalized spacial score (nSPS) is 22.9. The Labute approximate surface area is 157 Å². The van der Waals surface area contributed by atoms with Crippen molar-refractivity contribution in [2.75, 3.05) is 37.7 Å². The smallest absolute Gasteiger partial charge is 0.253 e. The van der Waals surface area contributed by atoms with E-state index in [2.05, 4.69) is 0 Å². The van der Waals surface area contributed by atoms with Gasteiger partial charge >= 0.3 is 0 Å². The third-order valence-electron chi connectivity index (χ3n) is 5.29. The van der Waals surface area contributed by atoms with E-state index in [0.29, 0.717) is 31.8 Å². The van der Waals surface area contributed by atoms with Crippen molar-refractivity contribution in [2.45, 2.75) is 6.42 Å². The van der Waals surface area contributed by atoms with Crippen LogP contribution in [0.25, 0.3) is 0 Å². The molecule has 2 saturated heterocycles. The number of para-hydroxylation sites is 1. The zero-order valence-electron chi connectivity index (χ0n) is 14.9. The lowest BCUT2D eigenvalue weighted by atomic mass is 9.87. The van der Waals surface area contributed by atoms with Crippen molar-refractivity contribution in [3.63, 3.8) is 0 Å². The van der Waals surface area contributed by atoms with Crippen LogP contribution in [0.3, 0.4) is 0 Å². The molecule has 1 unspecified atom stereocenters. The maximum atomic E-state index is 13.5. The van der Waals surface area contributed by atoms with Crippen LogP contribution in [0.4, 0.5) is 10.1 Å². The summed E-state index contributed by atoms with van der Waals surface area (Å²) in [6, 6.07) is 15.3. The maximum absolute atomic E-state index is 13.5. The minimum atomic E-state index is -0.423. The summed E-state index contributed by atoms with van der Waals surface area (Å²) < 4.78 is 19.1. The predicted octanol–water partition coefficient (Wildman–Crippen LogP) is 2.72. The van der Waals surface area contributed by atoms with E-state index in [4.69, 9.17) is 4.74 Å². The summed E-state index contributed by atoms with van der Waals surface area (Å²) in [6.07, 6.45) is 0.741. The first-order chi connectivity index (χ1) is 13.1. The highest BCUT2D eigenvalue weighted by molar-refractivity contribution is 5.95. The van der Waals surface area contributed by atoms with Crippen molar-refractivity contribution in [3.8, 4) is 0 Å². The number of hydrogen-bond acceptors (Lipinski definition) is 3. The fraction of sp³-hybridized carbons (Fsp3) is 0.333. The second-order valence-corrected chi connectivity index (χ2v) is 7.30. The van der Waals surface area contributed by atoms with E-state index in [-0.39, 0.29) is 23.8 Å². The first-order valence-corrected chi connectivity index (χ1v) is 9.04. The largest absolute Gasteiger partial charge is 0.371 e. The van der Waals surface area contributed by atoms with Gasteiger partial charge in [0.15, 0.2) is 0 Å². The Kier molecular flexibility index (Phi) is 4.66. The molecule has 27 heavy (non-hydrogen) atoms. The van der Waals surface area contributed by atoms with E-state index in [1.807, 2.05) is 30.3 Å². The van der Waals surface area contributed by atoms with Gasteiger partial charge in [0.25, 0.3) is 11.8 Å². The Morgan fingerprint density at radius 1 is 1.07 bits per heavy atom. The van der Waals surface area contributed by atoms with Crippen molar-refractivity contribution in [2.24, 2.45) is 5.41 Å². The third kappa shape index (κ3) is 3.57. The number of nitrogens with zero attached hydrogens (tertiary/aromatic N) is 2. The highest BCUT2D eigenvalue weighted by Gasteiger charge is 2.44. The number of benzene rings is 2. The number of carbonyl (C=O) groups is 2. The first kappa shape index (κ1) is 17.7. The number of carbonyl (C=O) groups excluding carboxylic acids is 2. The van der Waals surface area contributed by atoms with E-state index in [1.165, 1.54) is 12.1 Å². The van der Waals surface area contributed by atoms with Gasteiger partial charge in [-0.1, -0.05) is 24.3 Å². The molecular weight excluding hydrogens is 347 g/mol. The van der Waals surface area contributed by atoms with E-state index >= 15 is 0 Å². The zero-order chi connectivity index (χ0) is 18.9. The number of hydrogen-bond donors (Lipinski definition) is 0. The summed E-state index contributed by atoms with van der Waals surface area (Å²) >= 11 is 0. The molecule has 1 spiro atoms. The average molecular weight is 368 g/mol. The number of rotatable bonds is 2. The number of anilines is 1. The van der Waals surface area contributed by atoms with E-state index in [1.54, 1.807) is 21.9 Å². The van der Waals surface area contributed by atoms with Gasteiger partial charge in [-0.25, -0.2) is 4.39 Å². The van der Waals surface area contributed by atoms with Gasteiger partial charge < -0.3 is 14.5 Å². The quantitative estimate of drug-likeness (QED) is 0.819. The van der Waals surface area contributed by atoms with Gasteiger partial charge in [-0.2, -0.15) is 0 Å². The molecule has 2 aromatic rings. The van der Waals surface area contributed by atoms with Crippen molar-refractivity contribution in [3.05, 3.63) is 66.0 Å². The predicted molar refractivity (Wildman–Crippen MR) is 99.0 cm³/mol. The summed E-state index contributed by atoms with van der Waals surface area (Å²) in [5.74, 6) is -0.686. The molecule has 2 amide bonds. The minimum absolute atomic E-state index is 0.0362. The highest BCUT2D eigenvalue weighted by atomic mass is 19.1. The molecule has 0 N–H and O–H groups in total. The lowest BCUT2D eigenvalue weighted by Crippen LogP contribution is -2.43. The van der Waals surface area contributed by atoms with Crippen LogP contribution >= 0.6 is 0 Å². The van der Waals surface area contributed by atoms with Gasteiger partial charge in [-0.05, 0) is 36.8 Å². The Morgan fingerprint density at radius 3 is 2.67 bits per heavy atom. The van der Waals surface area contributed by atoms with Crippen LogP contribution in [0.2, 0.25) is 0 Å². The Hall–Kier alpha value is -2.73. The Morgan fingerprint density at radius 2 is 1.89 bits per heavy atom. The van der Waals surface area contributed by atoms with E-state index in [0.717, 1.165) is 12.1 Å². The summed E-state index contributed by atoms with van der Waals surface area (Å²) in [5, 5.41) is 0. The number of amides is 2. The van der Waals surface area contributed by atoms with Crippen LogP contribution in [-0.4, -0.2) is 49.6 Å². The van der Waals surface area contributed by atoms with Gasteiger partial charge in [0.1, 0.15) is 12.4 Å². The SMILES string of the molecule is O=C(c1cccc(F)c1)N1CCC2(COCC(=O)N(c3ccccc3)C2)C1. The molecule has 6 heteroatoms. The second kappa shape index (κ2) is 7.12. The fourth-order valence-electron chi connectivity index (χ4n) is 3.90. The topological polar surface area (TPSA) is 49.9 Å². The van der Waals surface area contributed by atoms with Crippen molar-refractivity contribution < 1.29 is 18.7 Å². The average Bonchev–Trinajstić information content (AvgIpc) is 3.02. The molecule has 0 bridgehead atoms. The van der Waals surface area contributed by atoms with Crippen molar-refractivity contribution in [1.82, 2.24) is 4.90 Å². The van der Waals surface area contributed by atoms with Crippen LogP contribution in [0.1, 0.15) is 16.8 Å². The lowest BCUT2D eigenvalue weighted by molar-refractivity contribution is -0.122. The molecule has 0 aromatic heterocycles. The molecule has 140 valence electrons. The molecule has 2 aliphatic rings. The van der Waals surface area contributed by atoms with Crippen LogP contribution in [-0.2, 0) is 9.53 Å². The molecule has 0 aliphatic carbocycles. The van der Waals surface area contributed by atoms with E-state index in [9.17, 15) is 14.0 Å². The molecule has 2 fully saturated rings. The lowest BCUT2D eigenvalue weighted by Gasteiger charge is -2.32. The molecule has 2 heterocycles. The van der Waals surface area contributed by atoms with Crippen LogP contribution in [0.15, 0.2) is 54.6 Å². The summed E-state index contributed by atoms with van der Waals surface area (Å²) in [5.41, 5.74) is 0.866. The van der Waals surface area contributed by atoms with Gasteiger partial charge in [0, 0.05) is 36.3 Å². The molecule has 5 nitrogen and oxygen atoms in total. The maximum Gasteiger partial charge on any atom is 0.253 e. The van der Waals surface area contributed by atoms with E-state index < -0.39 is 5.82 Å². The van der Waals surface area contributed by atoms with Crippen LogP contribution in [0.5, 0.6) is 0 Å². The van der Waals surface area contributed by atoms with Crippen molar-refractivity contribution in [1.29, 1.82) is 0 Å². The monoisotopic (exact) mass is 368 g/mol. The van der Waals surface area contributed by atoms with Gasteiger partial charge in [0.05, 0.1) is 6.61 Å². The summed E-state index contributed by atoms with van der Waals surface area (Å²) in [4.78, 5) is 28.8.